The zero-order chi connectivity index (χ0) is 16.3. The van der Waals surface area contributed by atoms with Gasteiger partial charge in [-0.3, -0.25) is 0 Å². The lowest BCUT2D eigenvalue weighted by atomic mass is 10.0. The van der Waals surface area contributed by atoms with Crippen LogP contribution in [0.3, 0.4) is 0 Å². The summed E-state index contributed by atoms with van der Waals surface area (Å²) in [7, 11) is -3.38. The Bertz CT molecular complexity index is 647. The number of nitrogens with zero attached hydrogens (tertiary/aromatic N) is 1. The van der Waals surface area contributed by atoms with E-state index in [-0.39, 0.29) is 0 Å². The fourth-order valence-corrected chi connectivity index (χ4v) is 4.39. The minimum atomic E-state index is -3.38. The van der Waals surface area contributed by atoms with E-state index in [1.54, 1.807) is 4.31 Å². The van der Waals surface area contributed by atoms with Crippen LogP contribution in [0.15, 0.2) is 18.2 Å². The van der Waals surface area contributed by atoms with E-state index < -0.39 is 10.2 Å². The second-order valence-corrected chi connectivity index (χ2v) is 7.99. The monoisotopic (exact) mass is 340 g/mol. The van der Waals surface area contributed by atoms with Crippen LogP contribution in [0.25, 0.3) is 0 Å². The van der Waals surface area contributed by atoms with Crippen molar-refractivity contribution in [3.05, 3.63) is 23.8 Å². The summed E-state index contributed by atoms with van der Waals surface area (Å²) >= 11 is 0. The number of ether oxygens (including phenoxy) is 2. The molecule has 0 aliphatic carbocycles. The van der Waals surface area contributed by atoms with E-state index in [0.29, 0.717) is 45.2 Å². The topological polar surface area (TPSA) is 67.9 Å². The quantitative estimate of drug-likeness (QED) is 0.883. The summed E-state index contributed by atoms with van der Waals surface area (Å²) in [5.41, 5.74) is 1.03. The molecule has 1 unspecified atom stereocenters. The van der Waals surface area contributed by atoms with Crippen molar-refractivity contribution in [1.29, 1.82) is 0 Å². The van der Waals surface area contributed by atoms with E-state index in [1.165, 1.54) is 0 Å². The van der Waals surface area contributed by atoms with Crippen LogP contribution in [-0.2, 0) is 16.6 Å². The van der Waals surface area contributed by atoms with Gasteiger partial charge in [-0.05, 0) is 42.9 Å². The first-order valence-electron chi connectivity index (χ1n) is 8.18. The zero-order valence-electron chi connectivity index (χ0n) is 13.5. The summed E-state index contributed by atoms with van der Waals surface area (Å²) in [5, 5.41) is 0. The lowest BCUT2D eigenvalue weighted by molar-refractivity contribution is 0.171. The summed E-state index contributed by atoms with van der Waals surface area (Å²) in [4.78, 5) is 0. The molecule has 0 aromatic heterocycles. The number of piperidine rings is 1. The average Bonchev–Trinajstić information content (AvgIpc) is 2.54. The molecule has 2 aliphatic rings. The van der Waals surface area contributed by atoms with Gasteiger partial charge in [0, 0.05) is 19.6 Å². The molecule has 2 aliphatic heterocycles. The maximum atomic E-state index is 12.3. The Kier molecular flexibility index (Phi) is 5.08. The molecule has 0 spiro atoms. The summed E-state index contributed by atoms with van der Waals surface area (Å²) in [6.07, 6.45) is 2.66. The predicted octanol–water partition coefficient (Wildman–Crippen LogP) is 1.57. The number of fused-ring (bicyclic) bond motifs is 1. The van der Waals surface area contributed by atoms with Crippen LogP contribution in [-0.4, -0.2) is 45.6 Å². The largest absolute Gasteiger partial charge is 0.486 e. The number of hydrogen-bond acceptors (Lipinski definition) is 4. The molecule has 0 amide bonds. The van der Waals surface area contributed by atoms with Gasteiger partial charge < -0.3 is 9.47 Å². The third-order valence-electron chi connectivity index (χ3n) is 4.26. The molecule has 0 bridgehead atoms. The highest BCUT2D eigenvalue weighted by Crippen LogP contribution is 2.30. The van der Waals surface area contributed by atoms with E-state index in [0.717, 1.165) is 29.9 Å². The molecule has 0 saturated carbocycles. The summed E-state index contributed by atoms with van der Waals surface area (Å²) in [6.45, 7) is 4.82. The molecule has 7 heteroatoms. The van der Waals surface area contributed by atoms with Gasteiger partial charge in [0.25, 0.3) is 10.2 Å². The molecule has 0 radical (unpaired) electrons. The second-order valence-electron chi connectivity index (χ2n) is 6.23. The summed E-state index contributed by atoms with van der Waals surface area (Å²) in [5.74, 6) is 1.92. The van der Waals surface area contributed by atoms with Crippen LogP contribution < -0.4 is 14.2 Å². The summed E-state index contributed by atoms with van der Waals surface area (Å²) in [6, 6.07) is 5.75. The molecule has 1 aromatic rings. The lowest BCUT2D eigenvalue weighted by Gasteiger charge is -2.30. The molecule has 6 nitrogen and oxygen atoms in total. The van der Waals surface area contributed by atoms with Gasteiger partial charge >= 0.3 is 0 Å². The van der Waals surface area contributed by atoms with Crippen molar-refractivity contribution in [2.75, 3.05) is 32.8 Å². The Labute approximate surface area is 138 Å². The van der Waals surface area contributed by atoms with Gasteiger partial charge in [-0.1, -0.05) is 13.0 Å². The highest BCUT2D eigenvalue weighted by molar-refractivity contribution is 7.87. The molecule has 1 N–H and O–H groups in total. The van der Waals surface area contributed by atoms with E-state index >= 15 is 0 Å². The van der Waals surface area contributed by atoms with Crippen LogP contribution in [0.4, 0.5) is 0 Å². The van der Waals surface area contributed by atoms with Gasteiger partial charge in [-0.15, -0.1) is 0 Å². The minimum absolute atomic E-state index is 0.382. The Hall–Kier alpha value is -1.31. The van der Waals surface area contributed by atoms with Crippen molar-refractivity contribution in [1.82, 2.24) is 9.03 Å². The van der Waals surface area contributed by atoms with Crippen LogP contribution >= 0.6 is 0 Å². The molecule has 3 rings (SSSR count). The third kappa shape index (κ3) is 4.16. The van der Waals surface area contributed by atoms with Crippen molar-refractivity contribution >= 4 is 10.2 Å². The maximum Gasteiger partial charge on any atom is 0.279 e. The molecule has 128 valence electrons. The normalized spacial score (nSPS) is 22.0. The Balaban J connectivity index is 1.54. The lowest BCUT2D eigenvalue weighted by Crippen LogP contribution is -2.46. The standard InChI is InChI=1S/C16H24N2O4S/c1-13-3-2-8-18(12-13)23(19,20)17-7-6-14-4-5-15-16(11-14)22-10-9-21-15/h4-5,11,13,17H,2-3,6-10,12H2,1H3. The molecule has 23 heavy (non-hydrogen) atoms. The molecular weight excluding hydrogens is 316 g/mol. The highest BCUT2D eigenvalue weighted by Gasteiger charge is 2.26. The highest BCUT2D eigenvalue weighted by atomic mass is 32.2. The van der Waals surface area contributed by atoms with Gasteiger partial charge in [-0.25, -0.2) is 4.72 Å². The smallest absolute Gasteiger partial charge is 0.279 e. The van der Waals surface area contributed by atoms with E-state index in [2.05, 4.69) is 11.6 Å². The van der Waals surface area contributed by atoms with Gasteiger partial charge in [0.15, 0.2) is 11.5 Å². The van der Waals surface area contributed by atoms with E-state index in [4.69, 9.17) is 9.47 Å². The van der Waals surface area contributed by atoms with Gasteiger partial charge in [0.2, 0.25) is 0 Å². The van der Waals surface area contributed by atoms with Gasteiger partial charge in [0.1, 0.15) is 13.2 Å². The number of nitrogens with one attached hydrogen (secondary N) is 1. The molecule has 1 aromatic carbocycles. The fourth-order valence-electron chi connectivity index (χ4n) is 3.02. The Morgan fingerprint density at radius 3 is 2.83 bits per heavy atom. The Morgan fingerprint density at radius 1 is 1.26 bits per heavy atom. The molecule has 1 fully saturated rings. The first-order valence-corrected chi connectivity index (χ1v) is 9.62. The first-order chi connectivity index (χ1) is 11.0. The van der Waals surface area contributed by atoms with Gasteiger partial charge in [0.05, 0.1) is 0 Å². The zero-order valence-corrected chi connectivity index (χ0v) is 14.3. The van der Waals surface area contributed by atoms with Crippen molar-refractivity contribution in [3.8, 4) is 11.5 Å². The fraction of sp³-hybridized carbons (Fsp3) is 0.625. The van der Waals surface area contributed by atoms with Gasteiger partial charge in [-0.2, -0.15) is 12.7 Å². The molecule has 1 saturated heterocycles. The van der Waals surface area contributed by atoms with Crippen molar-refractivity contribution < 1.29 is 17.9 Å². The second kappa shape index (κ2) is 7.07. The van der Waals surface area contributed by atoms with Crippen LogP contribution in [0.2, 0.25) is 0 Å². The molecule has 2 heterocycles. The maximum absolute atomic E-state index is 12.3. The van der Waals surface area contributed by atoms with Crippen LogP contribution in [0.5, 0.6) is 11.5 Å². The van der Waals surface area contributed by atoms with Crippen molar-refractivity contribution in [3.63, 3.8) is 0 Å². The summed E-state index contributed by atoms with van der Waals surface area (Å²) < 4.78 is 39.9. The van der Waals surface area contributed by atoms with E-state index in [1.807, 2.05) is 18.2 Å². The number of benzene rings is 1. The number of rotatable bonds is 5. The third-order valence-corrected chi connectivity index (χ3v) is 5.84. The first kappa shape index (κ1) is 16.5. The predicted molar refractivity (Wildman–Crippen MR) is 88.0 cm³/mol. The van der Waals surface area contributed by atoms with Crippen molar-refractivity contribution in [2.45, 2.75) is 26.2 Å². The SMILES string of the molecule is CC1CCCN(S(=O)(=O)NCCc2ccc3c(c2)OCCO3)C1. The number of hydrogen-bond donors (Lipinski definition) is 1. The van der Waals surface area contributed by atoms with Crippen LogP contribution in [0, 0.1) is 5.92 Å². The minimum Gasteiger partial charge on any atom is -0.486 e. The molecular formula is C16H24N2O4S. The van der Waals surface area contributed by atoms with Crippen molar-refractivity contribution in [2.24, 2.45) is 5.92 Å². The average molecular weight is 340 g/mol. The van der Waals surface area contributed by atoms with Crippen LogP contribution in [0.1, 0.15) is 25.3 Å². The molecule has 1 atom stereocenters. The Morgan fingerprint density at radius 2 is 2.04 bits per heavy atom. The van der Waals surface area contributed by atoms with E-state index in [9.17, 15) is 8.42 Å².